The minimum Gasteiger partial charge on any atom is -0.364 e. The first kappa shape index (κ1) is 11.9. The minimum atomic E-state index is -1.05. The first-order valence-corrected chi connectivity index (χ1v) is 4.53. The van der Waals surface area contributed by atoms with E-state index in [1.165, 1.54) is 7.11 Å². The number of hydrogen-bond acceptors (Lipinski definition) is 3. The Kier molecular flexibility index (Phi) is 5.46. The lowest BCUT2D eigenvalue weighted by molar-refractivity contribution is -0.191. The molecular formula is C9H21NO2. The van der Waals surface area contributed by atoms with Gasteiger partial charge in [0, 0.05) is 7.11 Å². The van der Waals surface area contributed by atoms with Gasteiger partial charge in [-0.05, 0) is 20.4 Å². The molecular weight excluding hydrogens is 154 g/mol. The summed E-state index contributed by atoms with van der Waals surface area (Å²) in [5.74, 6) is -1.05. The maximum Gasteiger partial charge on any atom is 0.177 e. The molecule has 0 aromatic heterocycles. The van der Waals surface area contributed by atoms with Gasteiger partial charge in [-0.2, -0.15) is 0 Å². The third kappa shape index (κ3) is 3.52. The quantitative estimate of drug-likeness (QED) is 0.594. The molecule has 0 heterocycles. The molecule has 0 aliphatic rings. The molecule has 0 amide bonds. The van der Waals surface area contributed by atoms with Crippen LogP contribution in [-0.2, 0) is 4.74 Å². The average Bonchev–Trinajstić information content (AvgIpc) is 2.05. The molecule has 0 spiro atoms. The van der Waals surface area contributed by atoms with Crippen molar-refractivity contribution in [2.24, 2.45) is 0 Å². The maximum atomic E-state index is 9.72. The molecule has 2 N–H and O–H groups in total. The smallest absolute Gasteiger partial charge is 0.177 e. The Morgan fingerprint density at radius 1 is 1.58 bits per heavy atom. The van der Waals surface area contributed by atoms with E-state index < -0.39 is 5.79 Å². The number of rotatable bonds is 6. The summed E-state index contributed by atoms with van der Waals surface area (Å²) < 4.78 is 4.98. The topological polar surface area (TPSA) is 41.5 Å². The van der Waals surface area contributed by atoms with E-state index in [0.717, 1.165) is 19.3 Å². The molecule has 12 heavy (non-hydrogen) atoms. The highest BCUT2D eigenvalue weighted by atomic mass is 16.6. The third-order valence-electron chi connectivity index (χ3n) is 2.25. The number of methoxy groups -OCH3 is 1. The molecule has 2 atom stereocenters. The number of unbranched alkanes of at least 4 members (excludes halogenated alkanes) is 1. The van der Waals surface area contributed by atoms with E-state index in [1.807, 2.05) is 7.05 Å². The lowest BCUT2D eigenvalue weighted by Crippen LogP contribution is -2.48. The second-order valence-corrected chi connectivity index (χ2v) is 3.24. The second kappa shape index (κ2) is 5.51. The number of hydrogen-bond donors (Lipinski definition) is 2. The summed E-state index contributed by atoms with van der Waals surface area (Å²) in [6.45, 7) is 3.82. The van der Waals surface area contributed by atoms with Crippen molar-refractivity contribution in [1.82, 2.24) is 5.32 Å². The van der Waals surface area contributed by atoms with E-state index in [1.54, 1.807) is 6.92 Å². The van der Waals surface area contributed by atoms with Crippen LogP contribution in [0.25, 0.3) is 0 Å². The minimum absolute atomic E-state index is 0.0162. The zero-order valence-electron chi connectivity index (χ0n) is 8.55. The highest BCUT2D eigenvalue weighted by Gasteiger charge is 2.29. The van der Waals surface area contributed by atoms with Crippen LogP contribution < -0.4 is 5.32 Å². The average molecular weight is 175 g/mol. The Labute approximate surface area is 75.1 Å². The van der Waals surface area contributed by atoms with Crippen LogP contribution in [0.1, 0.15) is 33.1 Å². The maximum absolute atomic E-state index is 9.72. The van der Waals surface area contributed by atoms with Crippen molar-refractivity contribution in [1.29, 1.82) is 0 Å². The van der Waals surface area contributed by atoms with E-state index in [4.69, 9.17) is 4.74 Å². The zero-order chi connectivity index (χ0) is 9.61. The van der Waals surface area contributed by atoms with Gasteiger partial charge < -0.3 is 15.2 Å². The van der Waals surface area contributed by atoms with Gasteiger partial charge in [0.05, 0.1) is 6.04 Å². The second-order valence-electron chi connectivity index (χ2n) is 3.24. The van der Waals surface area contributed by atoms with Gasteiger partial charge in [0.2, 0.25) is 0 Å². The van der Waals surface area contributed by atoms with Gasteiger partial charge in [-0.3, -0.25) is 0 Å². The van der Waals surface area contributed by atoms with Crippen molar-refractivity contribution < 1.29 is 9.84 Å². The first-order chi connectivity index (χ1) is 5.58. The SMILES string of the molecule is CCCC[C@H](NC)C(C)(O)OC. The molecule has 0 aliphatic heterocycles. The molecule has 0 aromatic carbocycles. The molecule has 0 saturated carbocycles. The highest BCUT2D eigenvalue weighted by molar-refractivity contribution is 4.78. The normalized spacial score (nSPS) is 18.8. The lowest BCUT2D eigenvalue weighted by Gasteiger charge is -2.31. The van der Waals surface area contributed by atoms with Crippen molar-refractivity contribution >= 4 is 0 Å². The predicted molar refractivity (Wildman–Crippen MR) is 50.0 cm³/mol. The first-order valence-electron chi connectivity index (χ1n) is 4.53. The van der Waals surface area contributed by atoms with Crippen LogP contribution in [0.4, 0.5) is 0 Å². The molecule has 0 bridgehead atoms. The van der Waals surface area contributed by atoms with Gasteiger partial charge in [-0.15, -0.1) is 0 Å². The summed E-state index contributed by atoms with van der Waals surface area (Å²) >= 11 is 0. The van der Waals surface area contributed by atoms with Crippen molar-refractivity contribution in [3.63, 3.8) is 0 Å². The highest BCUT2D eigenvalue weighted by Crippen LogP contribution is 2.15. The van der Waals surface area contributed by atoms with Gasteiger partial charge in [-0.25, -0.2) is 0 Å². The van der Waals surface area contributed by atoms with Crippen LogP contribution in [0, 0.1) is 0 Å². The molecule has 74 valence electrons. The summed E-state index contributed by atoms with van der Waals surface area (Å²) in [7, 11) is 3.37. The van der Waals surface area contributed by atoms with Crippen molar-refractivity contribution in [2.75, 3.05) is 14.2 Å². The number of aliphatic hydroxyl groups is 1. The van der Waals surface area contributed by atoms with Gasteiger partial charge >= 0.3 is 0 Å². The molecule has 0 radical (unpaired) electrons. The fourth-order valence-corrected chi connectivity index (χ4v) is 1.23. The van der Waals surface area contributed by atoms with E-state index in [2.05, 4.69) is 12.2 Å². The number of nitrogens with one attached hydrogen (secondary N) is 1. The van der Waals surface area contributed by atoms with Crippen LogP contribution in [0.3, 0.4) is 0 Å². The van der Waals surface area contributed by atoms with E-state index in [0.29, 0.717) is 0 Å². The van der Waals surface area contributed by atoms with Crippen molar-refractivity contribution in [2.45, 2.75) is 44.9 Å². The fraction of sp³-hybridized carbons (Fsp3) is 1.00. The number of likely N-dealkylation sites (N-methyl/N-ethyl adjacent to an activating group) is 1. The van der Waals surface area contributed by atoms with Gasteiger partial charge in [0.1, 0.15) is 0 Å². The van der Waals surface area contributed by atoms with Crippen LogP contribution >= 0.6 is 0 Å². The van der Waals surface area contributed by atoms with Crippen LogP contribution in [0.2, 0.25) is 0 Å². The third-order valence-corrected chi connectivity index (χ3v) is 2.25. The Balaban J connectivity index is 3.95. The molecule has 0 fully saturated rings. The van der Waals surface area contributed by atoms with E-state index in [-0.39, 0.29) is 6.04 Å². The number of ether oxygens (including phenoxy) is 1. The van der Waals surface area contributed by atoms with Crippen LogP contribution in [0.5, 0.6) is 0 Å². The van der Waals surface area contributed by atoms with Crippen LogP contribution in [-0.4, -0.2) is 31.1 Å². The largest absolute Gasteiger partial charge is 0.364 e. The molecule has 0 aliphatic carbocycles. The summed E-state index contributed by atoms with van der Waals surface area (Å²) in [5, 5.41) is 12.8. The predicted octanol–water partition coefficient (Wildman–Crippen LogP) is 1.12. The van der Waals surface area contributed by atoms with Gasteiger partial charge in [-0.1, -0.05) is 19.8 Å². The molecule has 1 unspecified atom stereocenters. The summed E-state index contributed by atoms with van der Waals surface area (Å²) in [5.41, 5.74) is 0. The van der Waals surface area contributed by atoms with Crippen molar-refractivity contribution in [3.8, 4) is 0 Å². The molecule has 0 rings (SSSR count). The molecule has 0 aromatic rings. The standard InChI is InChI=1S/C9H21NO2/c1-5-6-7-8(10-3)9(2,11)12-4/h8,10-11H,5-7H2,1-4H3/t8-,9?/m0/s1. The molecule has 0 saturated heterocycles. The zero-order valence-corrected chi connectivity index (χ0v) is 8.55. The van der Waals surface area contributed by atoms with Gasteiger partial charge in [0.15, 0.2) is 5.79 Å². The van der Waals surface area contributed by atoms with Gasteiger partial charge in [0.25, 0.3) is 0 Å². The Morgan fingerprint density at radius 2 is 2.17 bits per heavy atom. The summed E-state index contributed by atoms with van der Waals surface area (Å²) in [6.07, 6.45) is 3.18. The Morgan fingerprint density at radius 3 is 2.50 bits per heavy atom. The summed E-state index contributed by atoms with van der Waals surface area (Å²) in [4.78, 5) is 0. The van der Waals surface area contributed by atoms with E-state index >= 15 is 0 Å². The summed E-state index contributed by atoms with van der Waals surface area (Å²) in [6, 6.07) is 0.0162. The monoisotopic (exact) mass is 175 g/mol. The van der Waals surface area contributed by atoms with Crippen LogP contribution in [0.15, 0.2) is 0 Å². The Hall–Kier alpha value is -0.120. The van der Waals surface area contributed by atoms with E-state index in [9.17, 15) is 5.11 Å². The molecule has 3 nitrogen and oxygen atoms in total. The fourth-order valence-electron chi connectivity index (χ4n) is 1.23. The molecule has 3 heteroatoms. The lowest BCUT2D eigenvalue weighted by atomic mass is 10.0. The van der Waals surface area contributed by atoms with Crippen molar-refractivity contribution in [3.05, 3.63) is 0 Å². The Bertz CT molecular complexity index is 115.